The number of aryl methyl sites for hydroxylation is 1. The van der Waals surface area contributed by atoms with Crippen LogP contribution in [-0.2, 0) is 10.0 Å². The van der Waals surface area contributed by atoms with E-state index in [0.29, 0.717) is 34.4 Å². The van der Waals surface area contributed by atoms with Crippen molar-refractivity contribution in [2.45, 2.75) is 11.8 Å². The Morgan fingerprint density at radius 2 is 1.87 bits per heavy atom. The number of hydrogen-bond donors (Lipinski definition) is 1. The molecule has 0 radical (unpaired) electrons. The summed E-state index contributed by atoms with van der Waals surface area (Å²) in [5.41, 5.74) is 2.56. The van der Waals surface area contributed by atoms with Crippen LogP contribution in [0.25, 0.3) is 16.9 Å². The number of nitrogens with zero attached hydrogens (tertiary/aromatic N) is 3. The molecular formula is C20H16F2N4O3S. The van der Waals surface area contributed by atoms with Crippen molar-refractivity contribution in [1.82, 2.24) is 14.6 Å². The number of nitrogens with one attached hydrogen (secondary N) is 1. The molecule has 0 unspecified atom stereocenters. The van der Waals surface area contributed by atoms with Gasteiger partial charge in [-0.2, -0.15) is 0 Å². The van der Waals surface area contributed by atoms with Crippen LogP contribution in [0, 0.1) is 18.6 Å². The molecule has 7 nitrogen and oxygen atoms in total. The highest BCUT2D eigenvalue weighted by atomic mass is 32.2. The van der Waals surface area contributed by atoms with Crippen LogP contribution in [-0.4, -0.2) is 30.1 Å². The van der Waals surface area contributed by atoms with Crippen LogP contribution in [0.2, 0.25) is 0 Å². The first-order valence-electron chi connectivity index (χ1n) is 8.76. The van der Waals surface area contributed by atoms with Crippen LogP contribution in [0.5, 0.6) is 5.88 Å². The molecule has 1 N–H and O–H groups in total. The van der Waals surface area contributed by atoms with Gasteiger partial charge >= 0.3 is 0 Å². The van der Waals surface area contributed by atoms with E-state index in [4.69, 9.17) is 4.74 Å². The molecule has 4 aromatic rings. The number of methoxy groups -OCH3 is 1. The van der Waals surface area contributed by atoms with Crippen molar-refractivity contribution in [3.8, 4) is 17.1 Å². The number of benzene rings is 2. The summed E-state index contributed by atoms with van der Waals surface area (Å²) in [6, 6.07) is 10.7. The quantitative estimate of drug-likeness (QED) is 0.521. The Hall–Kier alpha value is -3.53. The second-order valence-corrected chi connectivity index (χ2v) is 8.17. The van der Waals surface area contributed by atoms with Gasteiger partial charge in [0.2, 0.25) is 5.88 Å². The second kappa shape index (κ2) is 7.38. The van der Waals surface area contributed by atoms with Crippen LogP contribution in [0.4, 0.5) is 14.5 Å². The Bertz CT molecular complexity index is 1370. The third-order valence-corrected chi connectivity index (χ3v) is 5.85. The Morgan fingerprint density at radius 1 is 1.07 bits per heavy atom. The minimum Gasteiger partial charge on any atom is -0.480 e. The number of sulfonamides is 1. The molecule has 0 aliphatic rings. The van der Waals surface area contributed by atoms with E-state index in [0.717, 1.165) is 12.1 Å². The topological polar surface area (TPSA) is 85.6 Å². The first-order chi connectivity index (χ1) is 14.3. The van der Waals surface area contributed by atoms with Crippen LogP contribution >= 0.6 is 0 Å². The summed E-state index contributed by atoms with van der Waals surface area (Å²) in [7, 11) is -2.84. The maximum atomic E-state index is 14.0. The molecule has 0 spiro atoms. The monoisotopic (exact) mass is 430 g/mol. The Kier molecular flexibility index (Phi) is 4.86. The molecule has 2 aromatic heterocycles. The largest absolute Gasteiger partial charge is 0.480 e. The lowest BCUT2D eigenvalue weighted by Crippen LogP contribution is -2.15. The molecule has 0 bridgehead atoms. The van der Waals surface area contributed by atoms with Crippen LogP contribution < -0.4 is 9.46 Å². The third-order valence-electron chi connectivity index (χ3n) is 4.47. The fraction of sp³-hybridized carbons (Fsp3) is 0.100. The zero-order valence-corrected chi connectivity index (χ0v) is 16.7. The van der Waals surface area contributed by atoms with Crippen molar-refractivity contribution in [3.05, 3.63) is 71.9 Å². The predicted molar refractivity (Wildman–Crippen MR) is 107 cm³/mol. The van der Waals surface area contributed by atoms with E-state index in [1.807, 2.05) is 0 Å². The molecule has 0 saturated heterocycles. The van der Waals surface area contributed by atoms with Crippen LogP contribution in [0.15, 0.2) is 59.6 Å². The number of fused-ring (bicyclic) bond motifs is 1. The fourth-order valence-corrected chi connectivity index (χ4v) is 4.10. The average Bonchev–Trinajstić information content (AvgIpc) is 3.14. The molecule has 0 saturated carbocycles. The zero-order valence-electron chi connectivity index (χ0n) is 15.9. The molecule has 10 heteroatoms. The molecule has 0 fully saturated rings. The van der Waals surface area contributed by atoms with Gasteiger partial charge in [0.05, 0.1) is 24.7 Å². The van der Waals surface area contributed by atoms with Crippen LogP contribution in [0.3, 0.4) is 0 Å². The highest BCUT2D eigenvalue weighted by Gasteiger charge is 2.21. The first kappa shape index (κ1) is 19.8. The van der Waals surface area contributed by atoms with Crippen molar-refractivity contribution in [2.24, 2.45) is 0 Å². The third kappa shape index (κ3) is 3.69. The number of rotatable bonds is 5. The average molecular weight is 430 g/mol. The number of aromatic nitrogens is 3. The van der Waals surface area contributed by atoms with Gasteiger partial charge in [0.15, 0.2) is 5.65 Å². The molecule has 0 atom stereocenters. The second-order valence-electron chi connectivity index (χ2n) is 6.51. The lowest BCUT2D eigenvalue weighted by molar-refractivity contribution is 0.390. The smallest absolute Gasteiger partial charge is 0.264 e. The van der Waals surface area contributed by atoms with Gasteiger partial charge in [-0.15, -0.1) is 5.10 Å². The van der Waals surface area contributed by atoms with Crippen molar-refractivity contribution in [1.29, 1.82) is 0 Å². The van der Waals surface area contributed by atoms with E-state index in [9.17, 15) is 17.2 Å². The van der Waals surface area contributed by atoms with Gasteiger partial charge in [-0.1, -0.05) is 12.1 Å². The van der Waals surface area contributed by atoms with E-state index in [1.165, 1.54) is 7.11 Å². The summed E-state index contributed by atoms with van der Waals surface area (Å²) in [5.74, 6) is -1.48. The predicted octanol–water partition coefficient (Wildman–Crippen LogP) is 3.79. The van der Waals surface area contributed by atoms with Gasteiger partial charge in [0.25, 0.3) is 10.0 Å². The highest BCUT2D eigenvalue weighted by Crippen LogP contribution is 2.28. The number of imidazole rings is 1. The van der Waals surface area contributed by atoms with Crippen molar-refractivity contribution in [3.63, 3.8) is 0 Å². The standard InChI is InChI=1S/C20H16F2N4O3S/c1-12-3-4-13(17-11-26-19(23-17)7-8-20(24-26)29-2)9-16(12)25-30(27,28)18-10-14(21)5-6-15(18)22/h3-11,25H,1-2H3. The molecule has 0 aliphatic heterocycles. The normalized spacial score (nSPS) is 11.6. The number of hydrogen-bond acceptors (Lipinski definition) is 5. The first-order valence-corrected chi connectivity index (χ1v) is 10.2. The van der Waals surface area contributed by atoms with E-state index in [2.05, 4.69) is 14.8 Å². The molecule has 0 amide bonds. The lowest BCUT2D eigenvalue weighted by atomic mass is 10.1. The molecule has 30 heavy (non-hydrogen) atoms. The maximum Gasteiger partial charge on any atom is 0.264 e. The van der Waals surface area contributed by atoms with Gasteiger partial charge in [0.1, 0.15) is 16.5 Å². The molecule has 0 aliphatic carbocycles. The van der Waals surface area contributed by atoms with Gasteiger partial charge in [0, 0.05) is 11.6 Å². The molecule has 154 valence electrons. The molecular weight excluding hydrogens is 414 g/mol. The summed E-state index contributed by atoms with van der Waals surface area (Å²) in [6.07, 6.45) is 1.67. The SMILES string of the molecule is COc1ccc2nc(-c3ccc(C)c(NS(=O)(=O)c4cc(F)ccc4F)c3)cn2n1. The summed E-state index contributed by atoms with van der Waals surface area (Å²) in [5, 5.41) is 4.24. The van der Waals surface area contributed by atoms with E-state index in [-0.39, 0.29) is 5.69 Å². The van der Waals surface area contributed by atoms with Crippen LogP contribution in [0.1, 0.15) is 5.56 Å². The highest BCUT2D eigenvalue weighted by molar-refractivity contribution is 7.92. The summed E-state index contributed by atoms with van der Waals surface area (Å²) >= 11 is 0. The van der Waals surface area contributed by atoms with Crippen molar-refractivity contribution in [2.75, 3.05) is 11.8 Å². The van der Waals surface area contributed by atoms with E-state index >= 15 is 0 Å². The fourth-order valence-electron chi connectivity index (χ4n) is 2.89. The number of anilines is 1. The molecule has 2 aromatic carbocycles. The van der Waals surface area contributed by atoms with E-state index < -0.39 is 26.6 Å². The van der Waals surface area contributed by atoms with Crippen molar-refractivity contribution < 1.29 is 21.9 Å². The number of ether oxygens (including phenoxy) is 1. The molecule has 4 rings (SSSR count). The summed E-state index contributed by atoms with van der Waals surface area (Å²) in [6.45, 7) is 1.69. The Morgan fingerprint density at radius 3 is 2.63 bits per heavy atom. The van der Waals surface area contributed by atoms with Gasteiger partial charge in [-0.3, -0.25) is 4.72 Å². The van der Waals surface area contributed by atoms with E-state index in [1.54, 1.807) is 48.0 Å². The van der Waals surface area contributed by atoms with Gasteiger partial charge < -0.3 is 4.74 Å². The summed E-state index contributed by atoms with van der Waals surface area (Å²) in [4.78, 5) is 3.70. The number of halogens is 2. The maximum absolute atomic E-state index is 14.0. The zero-order chi connectivity index (χ0) is 21.5. The lowest BCUT2D eigenvalue weighted by Gasteiger charge is -2.12. The summed E-state index contributed by atoms with van der Waals surface area (Å²) < 4.78 is 61.6. The Balaban J connectivity index is 1.73. The minimum absolute atomic E-state index is 0.221. The minimum atomic E-state index is -4.34. The Labute approximate surface area is 171 Å². The van der Waals surface area contributed by atoms with Gasteiger partial charge in [-0.05, 0) is 42.8 Å². The molecule has 2 heterocycles. The van der Waals surface area contributed by atoms with Gasteiger partial charge in [-0.25, -0.2) is 26.7 Å². The van der Waals surface area contributed by atoms with Crippen molar-refractivity contribution >= 4 is 21.4 Å².